The lowest BCUT2D eigenvalue weighted by Crippen LogP contribution is -2.59. The van der Waals surface area contributed by atoms with Crippen LogP contribution in [0.5, 0.6) is 5.75 Å². The summed E-state index contributed by atoms with van der Waals surface area (Å²) in [5.41, 5.74) is 0.492. The molecular formula is C39H48N2O9. The maximum atomic E-state index is 14.9. The minimum Gasteiger partial charge on any atom is -0.507 e. The van der Waals surface area contributed by atoms with E-state index in [-0.39, 0.29) is 62.4 Å². The summed E-state index contributed by atoms with van der Waals surface area (Å²) in [4.78, 5) is 47.0. The van der Waals surface area contributed by atoms with Crippen LogP contribution in [0.2, 0.25) is 0 Å². The Labute approximate surface area is 292 Å². The average Bonchev–Trinajstić information content (AvgIpc) is 3.05. The fourth-order valence-electron chi connectivity index (χ4n) is 8.00. The number of aryl methyl sites for hydroxylation is 1. The first kappa shape index (κ1) is 36.1. The Morgan fingerprint density at radius 3 is 2.20 bits per heavy atom. The SMILES string of the molecule is C/C=C(\C)c1cc(=O)c2c(C)cc3c(c2o1)C(=O)c1c(O)c(C2C[C@](C)(N(C)C)[C@H](O)[C@H](C)O2)cc(C2C[C@@H](N(C)C)[C@H](O)[C@@H](C)O2)c1C3=O. The first-order valence-corrected chi connectivity index (χ1v) is 17.2. The van der Waals surface area contributed by atoms with Gasteiger partial charge in [-0.25, -0.2) is 0 Å². The monoisotopic (exact) mass is 688 g/mol. The van der Waals surface area contributed by atoms with Crippen LogP contribution in [0, 0.1) is 6.92 Å². The van der Waals surface area contributed by atoms with Crippen LogP contribution in [0.15, 0.2) is 33.5 Å². The van der Waals surface area contributed by atoms with Crippen molar-refractivity contribution in [2.24, 2.45) is 0 Å². The van der Waals surface area contributed by atoms with Gasteiger partial charge in [0.15, 0.2) is 16.8 Å². The Balaban J connectivity index is 1.65. The summed E-state index contributed by atoms with van der Waals surface area (Å²) in [7, 11) is 7.46. The molecule has 0 amide bonds. The molecule has 3 aliphatic rings. The summed E-state index contributed by atoms with van der Waals surface area (Å²) in [5, 5.41) is 34.5. The Kier molecular flexibility index (Phi) is 9.24. The molecule has 0 bridgehead atoms. The highest BCUT2D eigenvalue weighted by molar-refractivity contribution is 6.33. The van der Waals surface area contributed by atoms with Gasteiger partial charge in [-0.05, 0) is 111 Å². The van der Waals surface area contributed by atoms with E-state index in [0.29, 0.717) is 23.1 Å². The number of nitrogens with zero attached hydrogens (tertiary/aromatic N) is 2. The molecule has 3 heterocycles. The van der Waals surface area contributed by atoms with Crippen molar-refractivity contribution in [3.05, 3.63) is 79.2 Å². The van der Waals surface area contributed by atoms with E-state index in [1.54, 1.807) is 52.8 Å². The molecule has 0 spiro atoms. The molecule has 2 aliphatic heterocycles. The highest BCUT2D eigenvalue weighted by Gasteiger charge is 2.49. The number of aromatic hydroxyl groups is 1. The van der Waals surface area contributed by atoms with Crippen LogP contribution < -0.4 is 5.43 Å². The molecule has 0 saturated carbocycles. The van der Waals surface area contributed by atoms with Crippen molar-refractivity contribution in [1.29, 1.82) is 0 Å². The molecule has 1 aliphatic carbocycles. The zero-order chi connectivity index (χ0) is 36.7. The number of carbonyl (C=O) groups is 2. The van der Waals surface area contributed by atoms with Crippen molar-refractivity contribution in [1.82, 2.24) is 9.80 Å². The maximum Gasteiger partial charge on any atom is 0.202 e. The number of rotatable bonds is 5. The Bertz CT molecular complexity index is 2000. The number of fused-ring (bicyclic) bond motifs is 4. The number of hydrogen-bond donors (Lipinski definition) is 3. The van der Waals surface area contributed by atoms with Crippen molar-refractivity contribution < 1.29 is 38.8 Å². The predicted octanol–water partition coefficient (Wildman–Crippen LogP) is 4.68. The van der Waals surface area contributed by atoms with E-state index >= 15 is 0 Å². The van der Waals surface area contributed by atoms with E-state index in [2.05, 4.69) is 0 Å². The smallest absolute Gasteiger partial charge is 0.202 e. The van der Waals surface area contributed by atoms with Crippen LogP contribution in [0.3, 0.4) is 0 Å². The fraction of sp³-hybridized carbons (Fsp3) is 0.513. The van der Waals surface area contributed by atoms with Gasteiger partial charge in [0, 0.05) is 34.3 Å². The molecule has 1 aromatic heterocycles. The van der Waals surface area contributed by atoms with Gasteiger partial charge in [-0.3, -0.25) is 14.4 Å². The normalized spacial score (nSPS) is 30.3. The highest BCUT2D eigenvalue weighted by Crippen LogP contribution is 2.49. The van der Waals surface area contributed by atoms with Crippen molar-refractivity contribution in [3.63, 3.8) is 0 Å². The molecule has 50 heavy (non-hydrogen) atoms. The lowest BCUT2D eigenvalue weighted by Gasteiger charge is -2.49. The van der Waals surface area contributed by atoms with Crippen LogP contribution in [-0.2, 0) is 9.47 Å². The number of aliphatic hydroxyl groups is 2. The molecule has 11 nitrogen and oxygen atoms in total. The topological polar surface area (TPSA) is 150 Å². The van der Waals surface area contributed by atoms with Gasteiger partial charge in [0.2, 0.25) is 5.78 Å². The van der Waals surface area contributed by atoms with Gasteiger partial charge >= 0.3 is 0 Å². The summed E-state index contributed by atoms with van der Waals surface area (Å²) in [6, 6.07) is 4.29. The number of carbonyl (C=O) groups excluding carboxylic acids is 2. The molecule has 2 saturated heterocycles. The summed E-state index contributed by atoms with van der Waals surface area (Å²) >= 11 is 0. The first-order valence-electron chi connectivity index (χ1n) is 17.2. The van der Waals surface area contributed by atoms with Crippen LogP contribution >= 0.6 is 0 Å². The van der Waals surface area contributed by atoms with Crippen LogP contribution in [0.1, 0.15) is 114 Å². The molecule has 2 fully saturated rings. The molecule has 2 aromatic carbocycles. The van der Waals surface area contributed by atoms with Gasteiger partial charge in [-0.2, -0.15) is 0 Å². The molecule has 268 valence electrons. The number of aliphatic hydroxyl groups excluding tert-OH is 2. The predicted molar refractivity (Wildman–Crippen MR) is 189 cm³/mol. The van der Waals surface area contributed by atoms with Crippen molar-refractivity contribution in [2.45, 2.75) is 103 Å². The van der Waals surface area contributed by atoms with E-state index < -0.39 is 59.5 Å². The van der Waals surface area contributed by atoms with E-state index in [1.807, 2.05) is 44.9 Å². The first-order chi connectivity index (χ1) is 23.4. The largest absolute Gasteiger partial charge is 0.507 e. The zero-order valence-corrected chi connectivity index (χ0v) is 30.5. The third-order valence-electron chi connectivity index (χ3n) is 11.5. The third kappa shape index (κ3) is 5.46. The molecule has 0 radical (unpaired) electrons. The summed E-state index contributed by atoms with van der Waals surface area (Å²) < 4.78 is 19.0. The quantitative estimate of drug-likeness (QED) is 0.268. The van der Waals surface area contributed by atoms with E-state index in [4.69, 9.17) is 13.9 Å². The second-order valence-electron chi connectivity index (χ2n) is 14.9. The molecular weight excluding hydrogens is 640 g/mol. The molecule has 2 unspecified atom stereocenters. The summed E-state index contributed by atoms with van der Waals surface area (Å²) in [6.45, 7) is 10.7. The molecule has 3 aromatic rings. The lowest BCUT2D eigenvalue weighted by atomic mass is 9.74. The number of benzene rings is 2. The van der Waals surface area contributed by atoms with E-state index in [9.17, 15) is 29.7 Å². The van der Waals surface area contributed by atoms with Crippen LogP contribution in [0.4, 0.5) is 0 Å². The summed E-state index contributed by atoms with van der Waals surface area (Å²) in [5.74, 6) is -1.31. The molecule has 8 atom stereocenters. The Morgan fingerprint density at radius 2 is 1.58 bits per heavy atom. The van der Waals surface area contributed by atoms with Gasteiger partial charge in [0.25, 0.3) is 0 Å². The highest BCUT2D eigenvalue weighted by atomic mass is 16.5. The minimum atomic E-state index is -0.847. The van der Waals surface area contributed by atoms with Crippen LogP contribution in [0.25, 0.3) is 16.5 Å². The number of hydrogen-bond acceptors (Lipinski definition) is 11. The van der Waals surface area contributed by atoms with Crippen molar-refractivity contribution >= 4 is 28.1 Å². The lowest BCUT2D eigenvalue weighted by molar-refractivity contribution is -0.176. The number of phenolic OH excluding ortho intramolecular Hbond substituents is 1. The van der Waals surface area contributed by atoms with Gasteiger partial charge in [0.05, 0.1) is 53.1 Å². The van der Waals surface area contributed by atoms with E-state index in [0.717, 1.165) is 0 Å². The number of phenols is 1. The number of likely N-dealkylation sites (N-methyl/N-ethyl adjacent to an activating group) is 2. The second-order valence-corrected chi connectivity index (χ2v) is 14.9. The van der Waals surface area contributed by atoms with Gasteiger partial charge in [0.1, 0.15) is 11.5 Å². The van der Waals surface area contributed by atoms with E-state index in [1.165, 1.54) is 6.07 Å². The fourth-order valence-corrected chi connectivity index (χ4v) is 8.00. The van der Waals surface area contributed by atoms with Gasteiger partial charge < -0.3 is 39.0 Å². The number of ether oxygens (including phenoxy) is 2. The van der Waals surface area contributed by atoms with Crippen LogP contribution in [-0.4, -0.2) is 101 Å². The molecule has 11 heteroatoms. The average molecular weight is 689 g/mol. The minimum absolute atomic E-state index is 0.0102. The summed E-state index contributed by atoms with van der Waals surface area (Å²) in [6.07, 6.45) is -2.05. The van der Waals surface area contributed by atoms with Gasteiger partial charge in [-0.15, -0.1) is 0 Å². The Hall–Kier alpha value is -3.71. The second kappa shape index (κ2) is 12.8. The molecule has 3 N–H and O–H groups in total. The third-order valence-corrected chi connectivity index (χ3v) is 11.5. The zero-order valence-electron chi connectivity index (χ0n) is 30.5. The van der Waals surface area contributed by atoms with Gasteiger partial charge in [-0.1, -0.05) is 6.08 Å². The Morgan fingerprint density at radius 1 is 0.920 bits per heavy atom. The maximum absolute atomic E-state index is 14.9. The number of allylic oxidation sites excluding steroid dienone is 2. The number of ketones is 2. The standard InChI is InChI=1S/C39H48N2O9/c1-11-17(2)26-15-25(42)29-18(3)12-23-31(37(29)50-26)36(46)32-30(35(23)45)21(27-14-24(40(7)8)33(43)19(4)48-27)13-22(34(32)44)28-16-39(6,41(9)10)38(47)20(5)49-28/h11-13,15,19-20,24,27-28,33,38,43-44,47H,14,16H2,1-10H3/b17-11+/t19-,20+,24-,27?,28?,33-,38-,39+/m1/s1. The van der Waals surface area contributed by atoms with Crippen molar-refractivity contribution in [2.75, 3.05) is 28.2 Å². The van der Waals surface area contributed by atoms with Crippen molar-refractivity contribution in [3.8, 4) is 5.75 Å². The molecule has 6 rings (SSSR count).